The van der Waals surface area contributed by atoms with E-state index in [1.807, 2.05) is 11.8 Å². The average molecular weight is 712 g/mol. The van der Waals surface area contributed by atoms with Crippen LogP contribution in [0.15, 0.2) is 174 Å². The largest absolute Gasteiger partial charge is 0.368 e. The summed E-state index contributed by atoms with van der Waals surface area (Å²) >= 11 is 1.92. The Bertz CT molecular complexity index is 2890. The van der Waals surface area contributed by atoms with Gasteiger partial charge >= 0.3 is 0 Å². The van der Waals surface area contributed by atoms with E-state index < -0.39 is 0 Å². The lowest BCUT2D eigenvalue weighted by molar-refractivity contribution is 0.660. The van der Waals surface area contributed by atoms with Crippen LogP contribution < -0.4 is 10.6 Å². The molecule has 2 atom stereocenters. The van der Waals surface area contributed by atoms with Crippen molar-refractivity contribution in [3.8, 4) is 11.1 Å². The van der Waals surface area contributed by atoms with E-state index in [9.17, 15) is 0 Å². The van der Waals surface area contributed by atoms with E-state index in [0.717, 1.165) is 22.7 Å². The number of amidine groups is 1. The highest BCUT2D eigenvalue weighted by atomic mass is 32.2. The zero-order chi connectivity index (χ0) is 36.0. The minimum absolute atomic E-state index is 0.0717. The maximum atomic E-state index is 5.24. The quantitative estimate of drug-likeness (QED) is 0.178. The number of thioether (sulfide) groups is 1. The molecular formula is C50H37N3S. The molecule has 2 N–H and O–H groups in total. The highest BCUT2D eigenvalue weighted by Gasteiger charge is 2.37. The standard InChI is InChI=1S/C50H37N3S/c1-50(2)41-28-37(20-23-39(41)40-26-33-15-9-10-16-34(33)27-42(40)50)49-53-47-45(54-49)24-21-32-17-18-35-25-36(19-22-38(35)46(32)47)48-51-43(30-11-5-3-6-12-30)29-44(52-48)31-13-7-4-8-14-31/h3-29,43,49,53H,1-2H3,(H,51,52). The third kappa shape index (κ3) is 4.94. The molecule has 0 radical (unpaired) electrons. The minimum atomic E-state index is -0.0787. The van der Waals surface area contributed by atoms with Crippen molar-refractivity contribution in [2.75, 3.05) is 5.32 Å². The van der Waals surface area contributed by atoms with Crippen molar-refractivity contribution in [1.29, 1.82) is 0 Å². The number of benzene rings is 8. The Labute approximate surface area is 319 Å². The second-order valence-electron chi connectivity index (χ2n) is 15.3. The number of rotatable bonds is 4. The maximum Gasteiger partial charge on any atom is 0.133 e. The van der Waals surface area contributed by atoms with Crippen LogP contribution in [-0.4, -0.2) is 5.84 Å². The van der Waals surface area contributed by atoms with Gasteiger partial charge in [-0.15, -0.1) is 0 Å². The Balaban J connectivity index is 0.950. The average Bonchev–Trinajstić information content (AvgIpc) is 3.76. The monoisotopic (exact) mass is 711 g/mol. The molecule has 54 heavy (non-hydrogen) atoms. The molecule has 0 fully saturated rings. The van der Waals surface area contributed by atoms with Crippen molar-refractivity contribution in [3.05, 3.63) is 197 Å². The summed E-state index contributed by atoms with van der Waals surface area (Å²) in [5, 5.41) is 15.4. The molecule has 2 heterocycles. The molecule has 4 heteroatoms. The SMILES string of the molecule is CC1(C)c2cc(C3Nc4c(ccc5ccc6cc(C7=NC(c8ccccc8)C=C(c8ccccc8)N7)ccc6c45)S3)ccc2-c2cc3ccccc3cc21. The highest BCUT2D eigenvalue weighted by molar-refractivity contribution is 8.00. The summed E-state index contributed by atoms with van der Waals surface area (Å²) in [6.45, 7) is 4.76. The topological polar surface area (TPSA) is 36.4 Å². The van der Waals surface area contributed by atoms with Gasteiger partial charge in [-0.25, -0.2) is 0 Å². The second-order valence-corrected chi connectivity index (χ2v) is 16.4. The predicted octanol–water partition coefficient (Wildman–Crippen LogP) is 12.8. The lowest BCUT2D eigenvalue weighted by atomic mass is 9.81. The number of fused-ring (bicyclic) bond motifs is 9. The van der Waals surface area contributed by atoms with Gasteiger partial charge in [-0.05, 0) is 96.2 Å². The lowest BCUT2D eigenvalue weighted by Crippen LogP contribution is -2.27. The molecule has 8 aromatic rings. The van der Waals surface area contributed by atoms with Crippen LogP contribution in [-0.2, 0) is 5.41 Å². The Morgan fingerprint density at radius 1 is 0.574 bits per heavy atom. The van der Waals surface area contributed by atoms with Gasteiger partial charge in [-0.1, -0.05) is 159 Å². The van der Waals surface area contributed by atoms with Crippen LogP contribution in [0.5, 0.6) is 0 Å². The van der Waals surface area contributed by atoms with E-state index in [1.54, 1.807) is 0 Å². The number of hydrogen-bond donors (Lipinski definition) is 2. The number of aliphatic imine (C=N–C) groups is 1. The molecular weight excluding hydrogens is 675 g/mol. The first-order chi connectivity index (χ1) is 26.5. The zero-order valence-corrected chi connectivity index (χ0v) is 30.9. The Kier molecular flexibility index (Phi) is 6.96. The molecule has 258 valence electrons. The zero-order valence-electron chi connectivity index (χ0n) is 30.1. The molecule has 11 rings (SSSR count). The summed E-state index contributed by atoms with van der Waals surface area (Å²) in [4.78, 5) is 6.54. The first-order valence-corrected chi connectivity index (χ1v) is 19.6. The van der Waals surface area contributed by atoms with Crippen molar-refractivity contribution < 1.29 is 0 Å². The van der Waals surface area contributed by atoms with Gasteiger partial charge in [0.05, 0.1) is 11.7 Å². The number of anilines is 1. The second kappa shape index (κ2) is 12.0. The van der Waals surface area contributed by atoms with Gasteiger partial charge < -0.3 is 10.6 Å². The van der Waals surface area contributed by atoms with Crippen LogP contribution in [0.4, 0.5) is 5.69 Å². The molecule has 8 aromatic carbocycles. The van der Waals surface area contributed by atoms with E-state index >= 15 is 0 Å². The van der Waals surface area contributed by atoms with Gasteiger partial charge in [0.15, 0.2) is 0 Å². The molecule has 2 unspecified atom stereocenters. The maximum absolute atomic E-state index is 5.24. The normalized spacial score (nSPS) is 18.0. The van der Waals surface area contributed by atoms with Crippen LogP contribution >= 0.6 is 11.8 Å². The third-order valence-corrected chi connectivity index (χ3v) is 12.9. The van der Waals surface area contributed by atoms with Crippen LogP contribution in [0.3, 0.4) is 0 Å². The van der Waals surface area contributed by atoms with Crippen LogP contribution in [0.1, 0.15) is 58.6 Å². The Morgan fingerprint density at radius 2 is 1.30 bits per heavy atom. The summed E-state index contributed by atoms with van der Waals surface area (Å²) in [5.74, 6) is 0.883. The van der Waals surface area contributed by atoms with Crippen LogP contribution in [0, 0.1) is 0 Å². The van der Waals surface area contributed by atoms with Crippen molar-refractivity contribution in [2.45, 2.75) is 35.6 Å². The van der Waals surface area contributed by atoms with Gasteiger partial charge in [0.25, 0.3) is 0 Å². The summed E-state index contributed by atoms with van der Waals surface area (Å²) < 4.78 is 0. The minimum Gasteiger partial charge on any atom is -0.368 e. The van der Waals surface area contributed by atoms with Crippen LogP contribution in [0.25, 0.3) is 49.1 Å². The molecule has 3 aliphatic rings. The third-order valence-electron chi connectivity index (χ3n) is 11.7. The highest BCUT2D eigenvalue weighted by Crippen LogP contribution is 2.54. The van der Waals surface area contributed by atoms with Gasteiger partial charge in [0, 0.05) is 27.0 Å². The van der Waals surface area contributed by atoms with Crippen molar-refractivity contribution in [2.24, 2.45) is 4.99 Å². The van der Waals surface area contributed by atoms with Gasteiger partial charge in [0.1, 0.15) is 11.2 Å². The lowest BCUT2D eigenvalue weighted by Gasteiger charge is -2.23. The summed E-state index contributed by atoms with van der Waals surface area (Å²) in [7, 11) is 0. The van der Waals surface area contributed by atoms with E-state index in [0.29, 0.717) is 0 Å². The van der Waals surface area contributed by atoms with E-state index in [2.05, 4.69) is 188 Å². The fourth-order valence-corrected chi connectivity index (χ4v) is 9.99. The molecule has 0 saturated carbocycles. The molecule has 2 aliphatic heterocycles. The first kappa shape index (κ1) is 31.4. The molecule has 0 aromatic heterocycles. The Hall–Kier alpha value is -6.10. The fourth-order valence-electron chi connectivity index (χ4n) is 8.86. The first-order valence-electron chi connectivity index (χ1n) is 18.8. The number of nitrogens with zero attached hydrogens (tertiary/aromatic N) is 1. The van der Waals surface area contributed by atoms with Crippen molar-refractivity contribution in [3.63, 3.8) is 0 Å². The summed E-state index contributed by atoms with van der Waals surface area (Å²) in [6, 6.07) is 57.6. The molecule has 0 amide bonds. The van der Waals surface area contributed by atoms with E-state index in [4.69, 9.17) is 4.99 Å². The van der Waals surface area contributed by atoms with Crippen LogP contribution in [0.2, 0.25) is 0 Å². The van der Waals surface area contributed by atoms with Crippen molar-refractivity contribution in [1.82, 2.24) is 5.32 Å². The molecule has 1 aliphatic carbocycles. The summed E-state index contributed by atoms with van der Waals surface area (Å²) in [5.41, 5.74) is 12.5. The fraction of sp³-hybridized carbons (Fsp3) is 0.100. The van der Waals surface area contributed by atoms with Gasteiger partial charge in [-0.3, -0.25) is 4.99 Å². The molecule has 0 bridgehead atoms. The van der Waals surface area contributed by atoms with Crippen molar-refractivity contribution >= 4 is 61.3 Å². The van der Waals surface area contributed by atoms with E-state index in [-0.39, 0.29) is 16.8 Å². The molecule has 0 saturated heterocycles. The van der Waals surface area contributed by atoms with Gasteiger partial charge in [0.2, 0.25) is 0 Å². The smallest absolute Gasteiger partial charge is 0.133 e. The number of hydrogen-bond acceptors (Lipinski definition) is 4. The summed E-state index contributed by atoms with van der Waals surface area (Å²) in [6.07, 6.45) is 2.23. The molecule has 0 spiro atoms. The number of nitrogens with one attached hydrogen (secondary N) is 2. The predicted molar refractivity (Wildman–Crippen MR) is 228 cm³/mol. The molecule has 3 nitrogen and oxygen atoms in total. The Morgan fingerprint density at radius 3 is 2.13 bits per heavy atom. The van der Waals surface area contributed by atoms with E-state index in [1.165, 1.54) is 76.3 Å². The van der Waals surface area contributed by atoms with Gasteiger partial charge in [-0.2, -0.15) is 0 Å².